The fraction of sp³-hybridized carbons (Fsp3) is 0.250. The van der Waals surface area contributed by atoms with Crippen molar-refractivity contribution in [2.75, 3.05) is 22.4 Å². The Morgan fingerprint density at radius 3 is 2.74 bits per heavy atom. The Bertz CT molecular complexity index is 1050. The largest absolute Gasteiger partial charge is 0.364 e. The number of hydrogen-bond donors (Lipinski definition) is 1. The molecule has 1 N–H and O–H groups in total. The Kier molecular flexibility index (Phi) is 4.61. The molecule has 0 spiro atoms. The van der Waals surface area contributed by atoms with Crippen LogP contribution in [0.3, 0.4) is 0 Å². The van der Waals surface area contributed by atoms with Crippen molar-refractivity contribution in [3.8, 4) is 11.3 Å². The zero-order valence-corrected chi connectivity index (χ0v) is 15.9. The molecule has 140 valence electrons. The van der Waals surface area contributed by atoms with Crippen LogP contribution >= 0.6 is 0 Å². The van der Waals surface area contributed by atoms with Gasteiger partial charge in [0.25, 0.3) is 0 Å². The van der Waals surface area contributed by atoms with Gasteiger partial charge in [0.05, 0.1) is 18.5 Å². The Balaban J connectivity index is 1.59. The molecule has 0 saturated carbocycles. The normalized spacial score (nSPS) is 14.0. The van der Waals surface area contributed by atoms with E-state index in [1.807, 2.05) is 54.6 Å². The molecule has 3 aromatic rings. The van der Waals surface area contributed by atoms with E-state index in [4.69, 9.17) is 4.52 Å². The van der Waals surface area contributed by atoms with E-state index in [0.717, 1.165) is 47.7 Å². The van der Waals surface area contributed by atoms with Crippen molar-refractivity contribution in [3.63, 3.8) is 0 Å². The van der Waals surface area contributed by atoms with E-state index in [9.17, 15) is 8.42 Å². The third-order valence-corrected chi connectivity index (χ3v) is 5.21. The molecule has 4 rings (SSSR count). The third kappa shape index (κ3) is 3.98. The van der Waals surface area contributed by atoms with Crippen molar-refractivity contribution in [2.45, 2.75) is 19.4 Å². The van der Waals surface area contributed by atoms with Crippen LogP contribution in [-0.4, -0.2) is 26.4 Å². The summed E-state index contributed by atoms with van der Waals surface area (Å²) in [5.74, 6) is 0.781. The lowest BCUT2D eigenvalue weighted by Crippen LogP contribution is -2.29. The maximum Gasteiger partial charge on any atom is 0.229 e. The number of sulfonamides is 1. The van der Waals surface area contributed by atoms with Gasteiger partial charge in [-0.1, -0.05) is 41.6 Å². The minimum Gasteiger partial charge on any atom is -0.364 e. The van der Waals surface area contributed by atoms with E-state index < -0.39 is 10.0 Å². The highest BCUT2D eigenvalue weighted by atomic mass is 32.2. The summed E-state index contributed by atoms with van der Waals surface area (Å²) < 4.78 is 31.5. The molecule has 27 heavy (non-hydrogen) atoms. The average Bonchev–Trinajstić information content (AvgIpc) is 3.11. The summed E-state index contributed by atoms with van der Waals surface area (Å²) in [6.07, 6.45) is 2.97. The van der Waals surface area contributed by atoms with Crippen LogP contribution in [0.2, 0.25) is 0 Å². The molecule has 7 heteroatoms. The fourth-order valence-electron chi connectivity index (χ4n) is 3.48. The topological polar surface area (TPSA) is 75.4 Å². The average molecular weight is 383 g/mol. The van der Waals surface area contributed by atoms with Crippen molar-refractivity contribution >= 4 is 21.4 Å². The summed E-state index contributed by atoms with van der Waals surface area (Å²) >= 11 is 0. The monoisotopic (exact) mass is 383 g/mol. The van der Waals surface area contributed by atoms with E-state index in [1.54, 1.807) is 0 Å². The van der Waals surface area contributed by atoms with Crippen LogP contribution in [0.1, 0.15) is 17.7 Å². The van der Waals surface area contributed by atoms with Crippen LogP contribution in [0, 0.1) is 0 Å². The van der Waals surface area contributed by atoms with Gasteiger partial charge in [-0.3, -0.25) is 4.72 Å². The molecule has 0 unspecified atom stereocenters. The molecule has 0 aliphatic carbocycles. The predicted octanol–water partition coefficient (Wildman–Crippen LogP) is 3.67. The Morgan fingerprint density at radius 1 is 1.15 bits per heavy atom. The second-order valence-corrected chi connectivity index (χ2v) is 8.50. The first-order valence-electron chi connectivity index (χ1n) is 8.85. The van der Waals surface area contributed by atoms with Gasteiger partial charge in [-0.2, -0.15) is 0 Å². The Hall–Kier alpha value is -2.80. The van der Waals surface area contributed by atoms with E-state index >= 15 is 0 Å². The molecule has 6 nitrogen and oxygen atoms in total. The smallest absolute Gasteiger partial charge is 0.229 e. The first-order valence-corrected chi connectivity index (χ1v) is 10.7. The van der Waals surface area contributed by atoms with E-state index in [0.29, 0.717) is 12.2 Å². The van der Waals surface area contributed by atoms with Crippen molar-refractivity contribution in [1.29, 1.82) is 0 Å². The van der Waals surface area contributed by atoms with Crippen LogP contribution < -0.4 is 9.62 Å². The lowest BCUT2D eigenvalue weighted by atomic mass is 10.00. The number of nitrogens with zero attached hydrogens (tertiary/aromatic N) is 2. The number of rotatable bonds is 5. The third-order valence-electron chi connectivity index (χ3n) is 4.62. The highest BCUT2D eigenvalue weighted by Crippen LogP contribution is 2.34. The highest BCUT2D eigenvalue weighted by molar-refractivity contribution is 7.92. The van der Waals surface area contributed by atoms with Crippen LogP contribution in [0.25, 0.3) is 11.3 Å². The van der Waals surface area contributed by atoms with E-state index in [2.05, 4.69) is 14.8 Å². The number of fused-ring (bicyclic) bond motifs is 1. The van der Waals surface area contributed by atoms with Crippen LogP contribution in [0.4, 0.5) is 11.4 Å². The Morgan fingerprint density at radius 2 is 1.96 bits per heavy atom. The quantitative estimate of drug-likeness (QED) is 0.728. The zero-order chi connectivity index (χ0) is 18.9. The molecule has 0 amide bonds. The van der Waals surface area contributed by atoms with Crippen molar-refractivity contribution in [1.82, 2.24) is 5.16 Å². The van der Waals surface area contributed by atoms with Gasteiger partial charge in [-0.25, -0.2) is 8.42 Å². The number of hydrogen-bond acceptors (Lipinski definition) is 5. The Labute approximate surface area is 158 Å². The van der Waals surface area contributed by atoms with Crippen molar-refractivity contribution < 1.29 is 12.9 Å². The summed E-state index contributed by atoms with van der Waals surface area (Å²) in [5.41, 5.74) is 4.55. The first-order chi connectivity index (χ1) is 13.0. The highest BCUT2D eigenvalue weighted by Gasteiger charge is 2.22. The maximum absolute atomic E-state index is 11.6. The van der Waals surface area contributed by atoms with Crippen molar-refractivity contribution in [3.05, 3.63) is 65.9 Å². The minimum absolute atomic E-state index is 0.592. The van der Waals surface area contributed by atoms with E-state index in [-0.39, 0.29) is 0 Å². The zero-order valence-electron chi connectivity index (χ0n) is 15.1. The first kappa shape index (κ1) is 17.6. The van der Waals surface area contributed by atoms with Crippen LogP contribution in [0.15, 0.2) is 59.1 Å². The lowest BCUT2D eigenvalue weighted by Gasteiger charge is -2.31. The molecular formula is C20H21N3O3S. The molecule has 0 fully saturated rings. The van der Waals surface area contributed by atoms with Gasteiger partial charge in [-0.05, 0) is 30.5 Å². The summed E-state index contributed by atoms with van der Waals surface area (Å²) in [6.45, 7) is 1.48. The molecule has 2 aromatic carbocycles. The number of benzene rings is 2. The SMILES string of the molecule is CS(=O)(=O)Nc1cccc2c1CCCN2Cc1cc(-c2ccccc2)no1. The molecule has 0 bridgehead atoms. The minimum atomic E-state index is -3.31. The summed E-state index contributed by atoms with van der Waals surface area (Å²) in [7, 11) is -3.31. The molecular weight excluding hydrogens is 362 g/mol. The summed E-state index contributed by atoms with van der Waals surface area (Å²) in [4.78, 5) is 2.21. The van der Waals surface area contributed by atoms with Crippen LogP contribution in [-0.2, 0) is 23.0 Å². The standard InChI is InChI=1S/C20H21N3O3S/c1-27(24,25)22-18-10-5-11-20-17(18)9-6-12-23(20)14-16-13-19(21-26-16)15-7-3-2-4-8-15/h2-5,7-8,10-11,13,22H,6,9,12,14H2,1H3. The lowest BCUT2D eigenvalue weighted by molar-refractivity contribution is 0.382. The van der Waals surface area contributed by atoms with Gasteiger partial charge in [-0.15, -0.1) is 0 Å². The molecule has 1 aliphatic rings. The molecule has 2 heterocycles. The molecule has 1 aromatic heterocycles. The van der Waals surface area contributed by atoms with Crippen LogP contribution in [0.5, 0.6) is 0 Å². The molecule has 1 aliphatic heterocycles. The van der Waals surface area contributed by atoms with Gasteiger partial charge in [0.15, 0.2) is 5.76 Å². The summed E-state index contributed by atoms with van der Waals surface area (Å²) in [6, 6.07) is 17.6. The number of anilines is 2. The fourth-order valence-corrected chi connectivity index (χ4v) is 4.07. The number of aromatic nitrogens is 1. The van der Waals surface area contributed by atoms with Gasteiger partial charge in [0.2, 0.25) is 10.0 Å². The van der Waals surface area contributed by atoms with Crippen molar-refractivity contribution in [2.24, 2.45) is 0 Å². The van der Waals surface area contributed by atoms with Gasteiger partial charge >= 0.3 is 0 Å². The van der Waals surface area contributed by atoms with E-state index in [1.165, 1.54) is 6.26 Å². The molecule has 0 atom stereocenters. The van der Waals surface area contributed by atoms with Gasteiger partial charge in [0, 0.05) is 23.9 Å². The molecule has 0 radical (unpaired) electrons. The van der Waals surface area contributed by atoms with Gasteiger partial charge < -0.3 is 9.42 Å². The second-order valence-electron chi connectivity index (χ2n) is 6.75. The predicted molar refractivity (Wildman–Crippen MR) is 106 cm³/mol. The molecule has 0 saturated heterocycles. The second kappa shape index (κ2) is 7.08. The maximum atomic E-state index is 11.6. The number of nitrogens with one attached hydrogen (secondary N) is 1. The van der Waals surface area contributed by atoms with Gasteiger partial charge in [0.1, 0.15) is 5.69 Å². The summed E-state index contributed by atoms with van der Waals surface area (Å²) in [5, 5.41) is 4.18.